The maximum Gasteiger partial charge on any atom is 0.168 e. The minimum atomic E-state index is 0.553. The number of methoxy groups -OCH3 is 1. The van der Waals surface area contributed by atoms with E-state index >= 15 is 0 Å². The van der Waals surface area contributed by atoms with Crippen molar-refractivity contribution in [2.45, 2.75) is 19.4 Å². The van der Waals surface area contributed by atoms with Crippen LogP contribution in [0.5, 0.6) is 11.5 Å². The summed E-state index contributed by atoms with van der Waals surface area (Å²) in [4.78, 5) is 0. The van der Waals surface area contributed by atoms with Crippen LogP contribution in [0.1, 0.15) is 24.0 Å². The second-order valence-corrected chi connectivity index (χ2v) is 4.96. The van der Waals surface area contributed by atoms with Crippen LogP contribution in [-0.4, -0.2) is 7.11 Å². The van der Waals surface area contributed by atoms with Gasteiger partial charge in [0.05, 0.1) is 7.11 Å². The van der Waals surface area contributed by atoms with Crippen molar-refractivity contribution in [2.75, 3.05) is 7.11 Å². The Morgan fingerprint density at radius 1 is 1.00 bits per heavy atom. The van der Waals surface area contributed by atoms with E-state index in [9.17, 15) is 0 Å². The molecule has 0 amide bonds. The third kappa shape index (κ3) is 3.02. The number of hydrogen-bond donors (Lipinski definition) is 0. The zero-order valence-electron chi connectivity index (χ0n) is 11.6. The summed E-state index contributed by atoms with van der Waals surface area (Å²) < 4.78 is 11.4. The van der Waals surface area contributed by atoms with Gasteiger partial charge in [0.2, 0.25) is 0 Å². The highest BCUT2D eigenvalue weighted by atomic mass is 16.5. The van der Waals surface area contributed by atoms with Crippen molar-refractivity contribution in [1.29, 1.82) is 0 Å². The summed E-state index contributed by atoms with van der Waals surface area (Å²) in [5.41, 5.74) is 3.74. The molecule has 0 bridgehead atoms. The van der Waals surface area contributed by atoms with Crippen molar-refractivity contribution in [2.24, 2.45) is 0 Å². The van der Waals surface area contributed by atoms with Gasteiger partial charge in [-0.3, -0.25) is 0 Å². The standard InChI is InChI=1S/C18H18O2/c1-19-17-9-5-8-16(12-14-10-11-14)18(17)20-13-15-6-3-2-4-7-15/h2-9,12H,10-11,13H2,1H3. The van der Waals surface area contributed by atoms with Crippen LogP contribution in [0.15, 0.2) is 54.1 Å². The molecule has 2 heteroatoms. The molecule has 3 rings (SSSR count). The molecule has 1 aliphatic carbocycles. The van der Waals surface area contributed by atoms with Crippen molar-refractivity contribution < 1.29 is 9.47 Å². The smallest absolute Gasteiger partial charge is 0.168 e. The lowest BCUT2D eigenvalue weighted by Gasteiger charge is -2.13. The summed E-state index contributed by atoms with van der Waals surface area (Å²) >= 11 is 0. The highest BCUT2D eigenvalue weighted by Gasteiger charge is 2.14. The van der Waals surface area contributed by atoms with Gasteiger partial charge >= 0.3 is 0 Å². The molecule has 0 radical (unpaired) electrons. The average Bonchev–Trinajstić information content (AvgIpc) is 3.31. The fourth-order valence-electron chi connectivity index (χ4n) is 2.13. The van der Waals surface area contributed by atoms with E-state index in [1.807, 2.05) is 30.3 Å². The van der Waals surface area contributed by atoms with E-state index in [-0.39, 0.29) is 0 Å². The van der Waals surface area contributed by atoms with E-state index in [2.05, 4.69) is 24.3 Å². The Balaban J connectivity index is 1.84. The second-order valence-electron chi connectivity index (χ2n) is 4.96. The predicted octanol–water partition coefficient (Wildman–Crippen LogP) is 4.45. The summed E-state index contributed by atoms with van der Waals surface area (Å²) in [7, 11) is 1.68. The predicted molar refractivity (Wildman–Crippen MR) is 81.0 cm³/mol. The molecule has 1 saturated carbocycles. The van der Waals surface area contributed by atoms with E-state index in [1.54, 1.807) is 7.11 Å². The van der Waals surface area contributed by atoms with Gasteiger partial charge in [-0.1, -0.05) is 54.1 Å². The minimum absolute atomic E-state index is 0.553. The summed E-state index contributed by atoms with van der Waals surface area (Å²) in [6, 6.07) is 16.2. The molecule has 1 fully saturated rings. The molecule has 0 saturated heterocycles. The van der Waals surface area contributed by atoms with E-state index < -0.39 is 0 Å². The van der Waals surface area contributed by atoms with Crippen molar-refractivity contribution >= 4 is 6.08 Å². The van der Waals surface area contributed by atoms with Crippen molar-refractivity contribution in [3.63, 3.8) is 0 Å². The maximum absolute atomic E-state index is 6.00. The van der Waals surface area contributed by atoms with Crippen LogP contribution in [0.4, 0.5) is 0 Å². The van der Waals surface area contributed by atoms with Crippen LogP contribution >= 0.6 is 0 Å². The fourth-order valence-corrected chi connectivity index (χ4v) is 2.13. The summed E-state index contributed by atoms with van der Waals surface area (Å²) in [6.07, 6.45) is 4.62. The molecule has 2 aromatic carbocycles. The highest BCUT2D eigenvalue weighted by Crippen LogP contribution is 2.37. The van der Waals surface area contributed by atoms with Crippen LogP contribution in [-0.2, 0) is 6.61 Å². The molecule has 0 aromatic heterocycles. The molecule has 2 nitrogen and oxygen atoms in total. The Morgan fingerprint density at radius 3 is 2.50 bits per heavy atom. The molecule has 0 N–H and O–H groups in total. The zero-order valence-corrected chi connectivity index (χ0v) is 11.6. The lowest BCUT2D eigenvalue weighted by molar-refractivity contribution is 0.284. The topological polar surface area (TPSA) is 18.5 Å². The van der Waals surface area contributed by atoms with Gasteiger partial charge in [0.1, 0.15) is 6.61 Å². The van der Waals surface area contributed by atoms with Crippen molar-refractivity contribution in [3.8, 4) is 11.5 Å². The molecule has 0 atom stereocenters. The first kappa shape index (κ1) is 12.8. The van der Waals surface area contributed by atoms with Gasteiger partial charge in [-0.05, 0) is 24.5 Å². The van der Waals surface area contributed by atoms with Crippen molar-refractivity contribution in [3.05, 3.63) is 65.2 Å². The summed E-state index contributed by atoms with van der Waals surface area (Å²) in [5.74, 6) is 1.62. The van der Waals surface area contributed by atoms with E-state index in [4.69, 9.17) is 9.47 Å². The summed E-state index contributed by atoms with van der Waals surface area (Å²) in [5, 5.41) is 0. The molecule has 2 aromatic rings. The van der Waals surface area contributed by atoms with Crippen LogP contribution < -0.4 is 9.47 Å². The molecule has 1 aliphatic rings. The van der Waals surface area contributed by atoms with E-state index in [0.717, 1.165) is 22.6 Å². The first-order valence-corrected chi connectivity index (χ1v) is 6.90. The minimum Gasteiger partial charge on any atom is -0.493 e. The van der Waals surface area contributed by atoms with Crippen LogP contribution in [0.25, 0.3) is 6.08 Å². The van der Waals surface area contributed by atoms with Gasteiger partial charge in [0.15, 0.2) is 11.5 Å². The Bertz CT molecular complexity index is 609. The molecule has 102 valence electrons. The van der Waals surface area contributed by atoms with Gasteiger partial charge in [-0.25, -0.2) is 0 Å². The Hall–Kier alpha value is -2.22. The first-order valence-electron chi connectivity index (χ1n) is 6.90. The molecular formula is C18H18O2. The normalized spacial score (nSPS) is 12.9. The Kier molecular flexibility index (Phi) is 3.73. The van der Waals surface area contributed by atoms with E-state index in [1.165, 1.54) is 18.4 Å². The molecule has 0 aliphatic heterocycles. The van der Waals surface area contributed by atoms with Crippen LogP contribution in [0.3, 0.4) is 0 Å². The highest BCUT2D eigenvalue weighted by molar-refractivity contribution is 5.66. The van der Waals surface area contributed by atoms with Gasteiger partial charge in [0.25, 0.3) is 0 Å². The second kappa shape index (κ2) is 5.83. The molecule has 20 heavy (non-hydrogen) atoms. The number of benzene rings is 2. The number of ether oxygens (including phenoxy) is 2. The zero-order chi connectivity index (χ0) is 13.8. The molecule has 0 heterocycles. The van der Waals surface area contributed by atoms with Crippen molar-refractivity contribution in [1.82, 2.24) is 0 Å². The SMILES string of the molecule is COc1cccc(C=C2CC2)c1OCc1ccccc1. The average molecular weight is 266 g/mol. The van der Waals surface area contributed by atoms with E-state index in [0.29, 0.717) is 6.61 Å². The fraction of sp³-hybridized carbons (Fsp3) is 0.222. The Labute approximate surface area is 119 Å². The van der Waals surface area contributed by atoms with Gasteiger partial charge in [-0.2, -0.15) is 0 Å². The first-order chi connectivity index (χ1) is 9.86. The lowest BCUT2D eigenvalue weighted by atomic mass is 10.1. The largest absolute Gasteiger partial charge is 0.493 e. The maximum atomic E-state index is 6.00. The van der Waals surface area contributed by atoms with Gasteiger partial charge in [0, 0.05) is 5.56 Å². The van der Waals surface area contributed by atoms with Gasteiger partial charge in [-0.15, -0.1) is 0 Å². The van der Waals surface area contributed by atoms with Gasteiger partial charge < -0.3 is 9.47 Å². The monoisotopic (exact) mass is 266 g/mol. The third-order valence-electron chi connectivity index (χ3n) is 3.35. The van der Waals surface area contributed by atoms with Crippen LogP contribution in [0.2, 0.25) is 0 Å². The Morgan fingerprint density at radius 2 is 1.80 bits per heavy atom. The lowest BCUT2D eigenvalue weighted by Crippen LogP contribution is -1.99. The quantitative estimate of drug-likeness (QED) is 0.796. The summed E-state index contributed by atoms with van der Waals surface area (Å²) in [6.45, 7) is 0.553. The van der Waals surface area contributed by atoms with Crippen LogP contribution in [0, 0.1) is 0 Å². The third-order valence-corrected chi connectivity index (χ3v) is 3.35. The number of allylic oxidation sites excluding steroid dienone is 1. The number of rotatable bonds is 5. The number of para-hydroxylation sites is 1. The molecule has 0 spiro atoms. The number of hydrogen-bond acceptors (Lipinski definition) is 2. The molecular weight excluding hydrogens is 248 g/mol. The molecule has 0 unspecified atom stereocenters.